The van der Waals surface area contributed by atoms with Gasteiger partial charge in [-0.15, -0.1) is 0 Å². The highest BCUT2D eigenvalue weighted by molar-refractivity contribution is 7.88. The second-order valence-corrected chi connectivity index (χ2v) is 10.1. The normalized spacial score (nSPS) is 16.9. The molecule has 0 saturated carbocycles. The third-order valence-corrected chi connectivity index (χ3v) is 7.59. The van der Waals surface area contributed by atoms with E-state index in [4.69, 9.17) is 0 Å². The van der Waals surface area contributed by atoms with Crippen molar-refractivity contribution < 1.29 is 17.6 Å². The molecule has 30 heavy (non-hydrogen) atoms. The Balaban J connectivity index is 1.56. The first-order valence-electron chi connectivity index (χ1n) is 10.3. The maximum absolute atomic E-state index is 13.8. The average molecular weight is 433 g/mol. The van der Waals surface area contributed by atoms with Gasteiger partial charge in [0.25, 0.3) is 0 Å². The molecule has 0 unspecified atom stereocenters. The molecule has 1 amide bonds. The number of nitrogens with one attached hydrogen (secondary N) is 1. The second kappa shape index (κ2) is 9.27. The van der Waals surface area contributed by atoms with Gasteiger partial charge in [-0.3, -0.25) is 4.79 Å². The van der Waals surface area contributed by atoms with E-state index in [1.807, 2.05) is 32.9 Å². The molecule has 1 saturated heterocycles. The van der Waals surface area contributed by atoms with Gasteiger partial charge in [0, 0.05) is 24.6 Å². The van der Waals surface area contributed by atoms with Gasteiger partial charge in [0.1, 0.15) is 5.82 Å². The summed E-state index contributed by atoms with van der Waals surface area (Å²) < 4.78 is 40.5. The predicted molar refractivity (Wildman–Crippen MR) is 116 cm³/mol. The van der Waals surface area contributed by atoms with Gasteiger partial charge in [0.15, 0.2) is 0 Å². The Morgan fingerprint density at radius 2 is 1.83 bits per heavy atom. The zero-order valence-corrected chi connectivity index (χ0v) is 18.5. The average Bonchev–Trinajstić information content (AvgIpc) is 2.69. The molecule has 1 N–H and O–H groups in total. The number of halogens is 1. The zero-order chi connectivity index (χ0) is 21.9. The molecule has 1 aliphatic rings. The number of rotatable bonds is 6. The summed E-state index contributed by atoms with van der Waals surface area (Å²) >= 11 is 0. The van der Waals surface area contributed by atoms with E-state index in [9.17, 15) is 17.6 Å². The standard InChI is InChI=1S/C23H29FN2O3S/c1-16-8-9-21(17(2)14-16)18(3)25-23(27)19-10-12-26(13-11-19)30(28,29)15-20-6-4-5-7-22(20)24/h4-9,14,18-19H,10-13,15H2,1-3H3,(H,25,27)/t18-/m0/s1. The molecule has 7 heteroatoms. The fraction of sp³-hybridized carbons (Fsp3) is 0.435. The van der Waals surface area contributed by atoms with Crippen LogP contribution in [0.2, 0.25) is 0 Å². The SMILES string of the molecule is Cc1ccc([C@H](C)NC(=O)C2CCN(S(=O)(=O)Cc3ccccc3F)CC2)c(C)c1. The third-order valence-electron chi connectivity index (χ3n) is 5.76. The van der Waals surface area contributed by atoms with Crippen molar-refractivity contribution in [2.45, 2.75) is 45.4 Å². The monoisotopic (exact) mass is 432 g/mol. The summed E-state index contributed by atoms with van der Waals surface area (Å²) in [6, 6.07) is 12.0. The maximum atomic E-state index is 13.8. The van der Waals surface area contributed by atoms with Gasteiger partial charge in [-0.1, -0.05) is 42.0 Å². The molecule has 2 aromatic rings. The number of hydrogen-bond donors (Lipinski definition) is 1. The topological polar surface area (TPSA) is 66.5 Å². The first kappa shape index (κ1) is 22.4. The Kier molecular flexibility index (Phi) is 6.93. The second-order valence-electron chi connectivity index (χ2n) is 8.11. The highest BCUT2D eigenvalue weighted by Gasteiger charge is 2.32. The number of amides is 1. The van der Waals surface area contributed by atoms with E-state index in [2.05, 4.69) is 11.4 Å². The summed E-state index contributed by atoms with van der Waals surface area (Å²) in [6.07, 6.45) is 0.921. The quantitative estimate of drug-likeness (QED) is 0.754. The lowest BCUT2D eigenvalue weighted by Gasteiger charge is -2.31. The Bertz CT molecular complexity index is 1010. The Morgan fingerprint density at radius 1 is 1.17 bits per heavy atom. The summed E-state index contributed by atoms with van der Waals surface area (Å²) in [7, 11) is -3.62. The molecule has 0 aromatic heterocycles. The molecule has 5 nitrogen and oxygen atoms in total. The van der Waals surface area contributed by atoms with Crippen LogP contribution in [0.5, 0.6) is 0 Å². The van der Waals surface area contributed by atoms with Crippen LogP contribution >= 0.6 is 0 Å². The van der Waals surface area contributed by atoms with Crippen molar-refractivity contribution in [2.75, 3.05) is 13.1 Å². The Labute approximate surface area is 178 Å². The molecule has 0 bridgehead atoms. The number of aryl methyl sites for hydroxylation is 2. The first-order chi connectivity index (χ1) is 14.2. The Hall–Kier alpha value is -2.25. The van der Waals surface area contributed by atoms with Crippen molar-refractivity contribution in [1.29, 1.82) is 0 Å². The molecule has 1 fully saturated rings. The van der Waals surface area contributed by atoms with Crippen LogP contribution in [0.3, 0.4) is 0 Å². The van der Waals surface area contributed by atoms with Gasteiger partial charge in [-0.2, -0.15) is 0 Å². The summed E-state index contributed by atoms with van der Waals surface area (Å²) in [5.74, 6) is -1.15. The minimum absolute atomic E-state index is 0.0476. The number of carbonyl (C=O) groups excluding carboxylic acids is 1. The highest BCUT2D eigenvalue weighted by Crippen LogP contribution is 2.24. The lowest BCUT2D eigenvalue weighted by Crippen LogP contribution is -2.43. The number of sulfonamides is 1. The minimum Gasteiger partial charge on any atom is -0.349 e. The van der Waals surface area contributed by atoms with E-state index in [0.717, 1.165) is 11.1 Å². The van der Waals surface area contributed by atoms with E-state index >= 15 is 0 Å². The van der Waals surface area contributed by atoms with E-state index in [1.165, 1.54) is 28.1 Å². The summed E-state index contributed by atoms with van der Waals surface area (Å²) in [5, 5.41) is 3.07. The van der Waals surface area contributed by atoms with Gasteiger partial charge in [-0.25, -0.2) is 17.1 Å². The van der Waals surface area contributed by atoms with Gasteiger partial charge in [-0.05, 0) is 50.8 Å². The molecule has 1 atom stereocenters. The van der Waals surface area contributed by atoms with Gasteiger partial charge in [0.05, 0.1) is 11.8 Å². The number of nitrogens with zero attached hydrogens (tertiary/aromatic N) is 1. The Morgan fingerprint density at radius 3 is 2.47 bits per heavy atom. The fourth-order valence-electron chi connectivity index (χ4n) is 4.02. The van der Waals surface area contributed by atoms with Crippen molar-refractivity contribution in [3.8, 4) is 0 Å². The lowest BCUT2D eigenvalue weighted by atomic mass is 9.95. The first-order valence-corrected chi connectivity index (χ1v) is 11.9. The molecule has 0 aliphatic carbocycles. The van der Waals surface area contributed by atoms with E-state index in [0.29, 0.717) is 12.8 Å². The van der Waals surface area contributed by atoms with Gasteiger partial charge < -0.3 is 5.32 Å². The lowest BCUT2D eigenvalue weighted by molar-refractivity contribution is -0.126. The smallest absolute Gasteiger partial charge is 0.223 e. The molecule has 0 spiro atoms. The molecule has 2 aromatic carbocycles. The molecular weight excluding hydrogens is 403 g/mol. The molecule has 162 valence electrons. The maximum Gasteiger partial charge on any atom is 0.223 e. The van der Waals surface area contributed by atoms with Crippen molar-refractivity contribution >= 4 is 15.9 Å². The number of hydrogen-bond acceptors (Lipinski definition) is 3. The van der Waals surface area contributed by atoms with Gasteiger partial charge >= 0.3 is 0 Å². The van der Waals surface area contributed by atoms with Gasteiger partial charge in [0.2, 0.25) is 15.9 Å². The minimum atomic E-state index is -3.62. The van der Waals surface area contributed by atoms with Crippen LogP contribution in [0.4, 0.5) is 4.39 Å². The fourth-order valence-corrected chi connectivity index (χ4v) is 5.60. The molecule has 1 heterocycles. The van der Waals surface area contributed by atoms with E-state index in [1.54, 1.807) is 6.07 Å². The van der Waals surface area contributed by atoms with Crippen LogP contribution in [-0.4, -0.2) is 31.7 Å². The van der Waals surface area contributed by atoms with E-state index < -0.39 is 15.8 Å². The van der Waals surface area contributed by atoms with Crippen molar-refractivity contribution in [1.82, 2.24) is 9.62 Å². The van der Waals surface area contributed by atoms with Crippen molar-refractivity contribution in [3.63, 3.8) is 0 Å². The number of piperidine rings is 1. The number of benzene rings is 2. The molecule has 0 radical (unpaired) electrons. The zero-order valence-electron chi connectivity index (χ0n) is 17.7. The van der Waals surface area contributed by atoms with Crippen LogP contribution in [0.15, 0.2) is 42.5 Å². The third kappa shape index (κ3) is 5.26. The van der Waals surface area contributed by atoms with Crippen LogP contribution in [0.1, 0.15) is 48.1 Å². The highest BCUT2D eigenvalue weighted by atomic mass is 32.2. The summed E-state index contributed by atoms with van der Waals surface area (Å²) in [5.41, 5.74) is 3.56. The molecule has 3 rings (SSSR count). The van der Waals surface area contributed by atoms with Crippen LogP contribution in [0, 0.1) is 25.6 Å². The summed E-state index contributed by atoms with van der Waals surface area (Å²) in [4.78, 5) is 12.7. The van der Waals surface area contributed by atoms with Crippen LogP contribution < -0.4 is 5.32 Å². The van der Waals surface area contributed by atoms with Crippen molar-refractivity contribution in [2.24, 2.45) is 5.92 Å². The predicted octanol–water partition coefficient (Wildman–Crippen LogP) is 3.86. The molecular formula is C23H29FN2O3S. The van der Waals surface area contributed by atoms with Crippen LogP contribution in [0.25, 0.3) is 0 Å². The van der Waals surface area contributed by atoms with Crippen molar-refractivity contribution in [3.05, 3.63) is 70.5 Å². The summed E-state index contributed by atoms with van der Waals surface area (Å²) in [6.45, 7) is 6.57. The molecule has 1 aliphatic heterocycles. The largest absolute Gasteiger partial charge is 0.349 e. The number of carbonyl (C=O) groups is 1. The van der Waals surface area contributed by atoms with Crippen LogP contribution in [-0.2, 0) is 20.6 Å². The van der Waals surface area contributed by atoms with E-state index in [-0.39, 0.29) is 42.3 Å².